The van der Waals surface area contributed by atoms with Crippen molar-refractivity contribution in [3.63, 3.8) is 0 Å². The first-order valence-electron chi connectivity index (χ1n) is 10.5. The van der Waals surface area contributed by atoms with Crippen LogP contribution in [0.25, 0.3) is 16.8 Å². The number of nitrogens with one attached hydrogen (secondary N) is 1. The van der Waals surface area contributed by atoms with E-state index in [-0.39, 0.29) is 35.4 Å². The lowest BCUT2D eigenvalue weighted by molar-refractivity contribution is -0.138. The van der Waals surface area contributed by atoms with Crippen molar-refractivity contribution in [3.8, 4) is 17.0 Å². The van der Waals surface area contributed by atoms with E-state index in [2.05, 4.69) is 25.2 Å². The number of likely N-dealkylation sites (tertiary alicyclic amines) is 1. The highest BCUT2D eigenvalue weighted by Gasteiger charge is 2.32. The molecule has 0 saturated carbocycles. The molecule has 0 amide bonds. The van der Waals surface area contributed by atoms with E-state index in [9.17, 15) is 26.3 Å². The Morgan fingerprint density at radius 3 is 2.71 bits per heavy atom. The molecule has 1 aromatic carbocycles. The summed E-state index contributed by atoms with van der Waals surface area (Å²) in [7, 11) is 0. The fraction of sp³-hybridized carbons (Fsp3) is 0.429. The number of rotatable bonds is 7. The molecule has 7 nitrogen and oxygen atoms in total. The van der Waals surface area contributed by atoms with Gasteiger partial charge in [0.15, 0.2) is 5.82 Å². The minimum Gasteiger partial charge on any atom is -0.434 e. The van der Waals surface area contributed by atoms with Gasteiger partial charge in [0.2, 0.25) is 5.95 Å². The molecule has 13 heteroatoms. The first-order valence-corrected chi connectivity index (χ1v) is 10.5. The third-order valence-corrected chi connectivity index (χ3v) is 5.57. The van der Waals surface area contributed by atoms with Gasteiger partial charge in [-0.2, -0.15) is 22.0 Å². The molecule has 2 aromatic heterocycles. The Morgan fingerprint density at radius 1 is 1.21 bits per heavy atom. The highest BCUT2D eigenvalue weighted by Crippen LogP contribution is 2.39. The van der Waals surface area contributed by atoms with Crippen LogP contribution in [0, 0.1) is 5.82 Å². The first kappa shape index (κ1) is 24.1. The highest BCUT2D eigenvalue weighted by molar-refractivity contribution is 5.82. The Bertz CT molecular complexity index is 1150. The van der Waals surface area contributed by atoms with Gasteiger partial charge in [0.1, 0.15) is 17.0 Å². The second-order valence-electron chi connectivity index (χ2n) is 7.85. The van der Waals surface area contributed by atoms with Gasteiger partial charge in [-0.25, -0.2) is 4.39 Å². The SMILES string of the molecule is OCCN1CCC[C@@H](Nc2nnc(-c3ccc(C(F)(F)F)cc3OC(F)F)c3c(F)ccn23)C1. The molecule has 0 unspecified atom stereocenters. The molecule has 1 atom stereocenters. The topological polar surface area (TPSA) is 74.9 Å². The van der Waals surface area contributed by atoms with Gasteiger partial charge in [-0.3, -0.25) is 9.30 Å². The zero-order valence-corrected chi connectivity index (χ0v) is 17.7. The summed E-state index contributed by atoms with van der Waals surface area (Å²) in [6, 6.07) is 3.04. The number of anilines is 1. The molecule has 1 aliphatic heterocycles. The van der Waals surface area contributed by atoms with Crippen LogP contribution in [0.1, 0.15) is 18.4 Å². The molecule has 0 aliphatic carbocycles. The van der Waals surface area contributed by atoms with Crippen molar-refractivity contribution in [3.05, 3.63) is 41.8 Å². The van der Waals surface area contributed by atoms with Crippen molar-refractivity contribution in [2.24, 2.45) is 0 Å². The minimum atomic E-state index is -4.79. The van der Waals surface area contributed by atoms with Gasteiger partial charge in [-0.1, -0.05) is 0 Å². The maximum absolute atomic E-state index is 14.8. The van der Waals surface area contributed by atoms with Crippen molar-refractivity contribution < 1.29 is 36.2 Å². The lowest BCUT2D eigenvalue weighted by Gasteiger charge is -2.32. The fourth-order valence-corrected chi connectivity index (χ4v) is 4.07. The second kappa shape index (κ2) is 9.66. The monoisotopic (exact) mass is 489 g/mol. The Kier molecular flexibility index (Phi) is 6.84. The molecule has 1 saturated heterocycles. The van der Waals surface area contributed by atoms with Gasteiger partial charge in [0.25, 0.3) is 0 Å². The molecule has 0 radical (unpaired) electrons. The van der Waals surface area contributed by atoms with E-state index in [1.165, 1.54) is 10.6 Å². The van der Waals surface area contributed by atoms with Crippen molar-refractivity contribution in [1.29, 1.82) is 0 Å². The Morgan fingerprint density at radius 2 is 2.00 bits per heavy atom. The highest BCUT2D eigenvalue weighted by atomic mass is 19.4. The maximum Gasteiger partial charge on any atom is 0.416 e. The van der Waals surface area contributed by atoms with Crippen molar-refractivity contribution in [2.45, 2.75) is 31.7 Å². The van der Waals surface area contributed by atoms with Gasteiger partial charge >= 0.3 is 12.8 Å². The predicted octanol–water partition coefficient (Wildman–Crippen LogP) is 4.02. The third kappa shape index (κ3) is 5.04. The zero-order valence-electron chi connectivity index (χ0n) is 17.7. The number of nitrogens with zero attached hydrogens (tertiary/aromatic N) is 4. The van der Waals surface area contributed by atoms with Gasteiger partial charge in [-0.05, 0) is 43.7 Å². The van der Waals surface area contributed by atoms with Crippen LogP contribution in [0.15, 0.2) is 30.5 Å². The summed E-state index contributed by atoms with van der Waals surface area (Å²) < 4.78 is 85.6. The number of fused-ring (bicyclic) bond motifs is 1. The van der Waals surface area contributed by atoms with Crippen LogP contribution in [-0.2, 0) is 6.18 Å². The molecule has 3 aromatic rings. The predicted molar refractivity (Wildman–Crippen MR) is 110 cm³/mol. The van der Waals surface area contributed by atoms with Crippen LogP contribution in [0.3, 0.4) is 0 Å². The molecule has 0 spiro atoms. The summed E-state index contributed by atoms with van der Waals surface area (Å²) in [6.07, 6.45) is -1.77. The van der Waals surface area contributed by atoms with E-state index in [1.807, 2.05) is 0 Å². The number of aliphatic hydroxyl groups excluding tert-OH is 1. The van der Waals surface area contributed by atoms with E-state index >= 15 is 0 Å². The summed E-state index contributed by atoms with van der Waals surface area (Å²) in [4.78, 5) is 2.06. The number of hydrogen-bond acceptors (Lipinski definition) is 6. The summed E-state index contributed by atoms with van der Waals surface area (Å²) in [5, 5.41) is 20.4. The number of β-amino-alcohol motifs (C(OH)–C–C–N with tert-alkyl or cyclic N) is 1. The van der Waals surface area contributed by atoms with E-state index in [0.29, 0.717) is 25.2 Å². The maximum atomic E-state index is 14.8. The molecule has 3 heterocycles. The molecule has 4 rings (SSSR count). The van der Waals surface area contributed by atoms with Crippen LogP contribution in [0.4, 0.5) is 32.3 Å². The summed E-state index contributed by atoms with van der Waals surface area (Å²) in [6.45, 7) is -1.43. The quantitative estimate of drug-likeness (QED) is 0.489. The van der Waals surface area contributed by atoms with Crippen LogP contribution < -0.4 is 10.1 Å². The molecular weight excluding hydrogens is 468 g/mol. The van der Waals surface area contributed by atoms with E-state index in [4.69, 9.17) is 5.11 Å². The number of alkyl halides is 5. The molecule has 184 valence electrons. The average molecular weight is 489 g/mol. The van der Waals surface area contributed by atoms with Gasteiger partial charge < -0.3 is 15.2 Å². The summed E-state index contributed by atoms with van der Waals surface area (Å²) in [5.74, 6) is -1.38. The van der Waals surface area contributed by atoms with Crippen molar-refractivity contribution in [1.82, 2.24) is 19.5 Å². The Balaban J connectivity index is 1.73. The standard InChI is InChI=1S/C21H21F6N5O2/c22-15-5-7-32-18(15)17(14-4-3-12(21(25,26)27)10-16(14)34-19(23)24)29-30-20(32)28-13-2-1-6-31(11-13)8-9-33/h3-5,7,10,13,19,33H,1-2,6,8-9,11H2,(H,28,30)/t13-/m1/s1. The smallest absolute Gasteiger partial charge is 0.416 e. The van der Waals surface area contributed by atoms with Gasteiger partial charge in [0, 0.05) is 30.9 Å². The van der Waals surface area contributed by atoms with Crippen LogP contribution >= 0.6 is 0 Å². The number of benzene rings is 1. The number of halogens is 6. The molecular formula is C21H21F6N5O2. The number of piperidine rings is 1. The lowest BCUT2D eigenvalue weighted by atomic mass is 10.1. The number of ether oxygens (including phenoxy) is 1. The average Bonchev–Trinajstić information content (AvgIpc) is 3.16. The van der Waals surface area contributed by atoms with Crippen LogP contribution in [-0.4, -0.2) is 63.5 Å². The zero-order chi connectivity index (χ0) is 24.5. The largest absolute Gasteiger partial charge is 0.434 e. The Hall–Kier alpha value is -3.06. The van der Waals surface area contributed by atoms with Crippen LogP contribution in [0.5, 0.6) is 5.75 Å². The van der Waals surface area contributed by atoms with Gasteiger partial charge in [-0.15, -0.1) is 10.2 Å². The molecule has 2 N–H and O–H groups in total. The second-order valence-corrected chi connectivity index (χ2v) is 7.85. The number of aromatic nitrogens is 3. The fourth-order valence-electron chi connectivity index (χ4n) is 4.07. The Labute approximate surface area is 190 Å². The van der Waals surface area contributed by atoms with Gasteiger partial charge in [0.05, 0.1) is 12.2 Å². The molecule has 1 aliphatic rings. The summed E-state index contributed by atoms with van der Waals surface area (Å²) in [5.41, 5.74) is -1.86. The molecule has 0 bridgehead atoms. The van der Waals surface area contributed by atoms with E-state index in [0.717, 1.165) is 31.5 Å². The lowest BCUT2D eigenvalue weighted by Crippen LogP contribution is -2.43. The van der Waals surface area contributed by atoms with Crippen LogP contribution in [0.2, 0.25) is 0 Å². The summed E-state index contributed by atoms with van der Waals surface area (Å²) >= 11 is 0. The minimum absolute atomic E-state index is 0.0183. The molecule has 1 fully saturated rings. The number of hydrogen-bond donors (Lipinski definition) is 2. The normalized spacial score (nSPS) is 17.5. The van der Waals surface area contributed by atoms with Crippen molar-refractivity contribution in [2.75, 3.05) is 31.6 Å². The van der Waals surface area contributed by atoms with E-state index in [1.54, 1.807) is 0 Å². The number of aliphatic hydroxyl groups is 1. The first-order chi connectivity index (χ1) is 16.2. The molecule has 34 heavy (non-hydrogen) atoms. The van der Waals surface area contributed by atoms with Crippen molar-refractivity contribution >= 4 is 11.5 Å². The third-order valence-electron chi connectivity index (χ3n) is 5.57. The van der Waals surface area contributed by atoms with E-state index < -0.39 is 29.9 Å².